The molecule has 10 nitrogen and oxygen atoms in total. The van der Waals surface area contributed by atoms with Gasteiger partial charge in [-0.2, -0.15) is 0 Å². The van der Waals surface area contributed by atoms with Crippen molar-refractivity contribution in [2.75, 3.05) is 31.2 Å². The van der Waals surface area contributed by atoms with Gasteiger partial charge in [0, 0.05) is 24.0 Å². The number of amides is 1. The molecule has 1 aromatic carbocycles. The quantitative estimate of drug-likeness (QED) is 0.311. The molecule has 3 aliphatic heterocycles. The number of nitrogens with one attached hydrogen (secondary N) is 2. The number of hydrogen-bond donors (Lipinski definition) is 4. The molecule has 3 aliphatic rings. The topological polar surface area (TPSA) is 124 Å². The van der Waals surface area contributed by atoms with Crippen molar-refractivity contribution < 1.29 is 9.53 Å². The van der Waals surface area contributed by atoms with E-state index in [0.29, 0.717) is 31.4 Å². The number of anilines is 1. The number of allylic oxidation sites excluding steroid dienone is 1. The first-order valence-electron chi connectivity index (χ1n) is 9.07. The van der Waals surface area contributed by atoms with Crippen molar-refractivity contribution in [3.8, 4) is 0 Å². The summed E-state index contributed by atoms with van der Waals surface area (Å²) in [6, 6.07) is 7.68. The lowest BCUT2D eigenvalue weighted by atomic mass is 10.1. The van der Waals surface area contributed by atoms with E-state index in [1.165, 1.54) is 10.0 Å². The Hall–Kier alpha value is -3.08. The van der Waals surface area contributed by atoms with E-state index in [4.69, 9.17) is 16.4 Å². The van der Waals surface area contributed by atoms with Crippen LogP contribution in [-0.4, -0.2) is 54.3 Å². The summed E-state index contributed by atoms with van der Waals surface area (Å²) in [5, 5.41) is 9.08. The predicted octanol–water partition coefficient (Wildman–Crippen LogP) is -0.551. The van der Waals surface area contributed by atoms with Gasteiger partial charge in [-0.05, 0) is 25.1 Å². The first-order chi connectivity index (χ1) is 13.5. The molecule has 4 rings (SSSR count). The Bertz CT molecular complexity index is 865. The van der Waals surface area contributed by atoms with Crippen LogP contribution < -0.4 is 27.3 Å². The lowest BCUT2D eigenvalue weighted by molar-refractivity contribution is -0.141. The second-order valence-corrected chi connectivity index (χ2v) is 6.80. The second-order valence-electron chi connectivity index (χ2n) is 6.80. The summed E-state index contributed by atoms with van der Waals surface area (Å²) in [5.74, 6) is 13.0. The van der Waals surface area contributed by atoms with Crippen molar-refractivity contribution in [1.82, 2.24) is 20.5 Å². The Labute approximate surface area is 163 Å². The van der Waals surface area contributed by atoms with Crippen LogP contribution in [0.3, 0.4) is 0 Å². The fourth-order valence-electron chi connectivity index (χ4n) is 3.17. The number of piperazine rings is 1. The smallest absolute Gasteiger partial charge is 0.250 e. The zero-order valence-electron chi connectivity index (χ0n) is 15.6. The van der Waals surface area contributed by atoms with Crippen LogP contribution in [-0.2, 0) is 9.53 Å². The van der Waals surface area contributed by atoms with Crippen LogP contribution in [0.15, 0.2) is 47.2 Å². The van der Waals surface area contributed by atoms with E-state index >= 15 is 0 Å². The van der Waals surface area contributed by atoms with Gasteiger partial charge in [-0.1, -0.05) is 12.1 Å². The van der Waals surface area contributed by atoms with Crippen LogP contribution in [0.2, 0.25) is 0 Å². The van der Waals surface area contributed by atoms with E-state index in [0.717, 1.165) is 16.9 Å². The first-order valence-corrected chi connectivity index (χ1v) is 9.07. The van der Waals surface area contributed by atoms with E-state index in [9.17, 15) is 4.79 Å². The lowest BCUT2D eigenvalue weighted by Crippen LogP contribution is -2.58. The second kappa shape index (κ2) is 7.50. The van der Waals surface area contributed by atoms with Crippen molar-refractivity contribution in [2.45, 2.75) is 13.3 Å². The molecule has 0 aliphatic carbocycles. The van der Waals surface area contributed by atoms with Crippen LogP contribution in [0.5, 0.6) is 0 Å². The first kappa shape index (κ1) is 18.3. The molecule has 1 saturated heterocycles. The number of hydrogen-bond acceptors (Lipinski definition) is 9. The number of benzene rings is 1. The van der Waals surface area contributed by atoms with Gasteiger partial charge in [0.15, 0.2) is 0 Å². The van der Waals surface area contributed by atoms with E-state index in [-0.39, 0.29) is 12.5 Å². The standard InChI is InChI=1S/C18H24N8O2/c1-12-5-6-21-17(23-12)26(20)14-4-2-3-13(9-14)15-10-22-18(28-15)24-7-8-25(19)16(27)11-24/h2-5,9-10,18,22H,6-8,11,19-20H2,1H3,(H,21,23). The Morgan fingerprint density at radius 3 is 3.00 bits per heavy atom. The molecule has 3 heterocycles. The maximum absolute atomic E-state index is 11.8. The fourth-order valence-corrected chi connectivity index (χ4v) is 3.17. The van der Waals surface area contributed by atoms with Gasteiger partial charge in [0.1, 0.15) is 5.76 Å². The molecule has 0 aromatic heterocycles. The number of hydrazine groups is 2. The number of rotatable bonds is 3. The molecule has 1 unspecified atom stereocenters. The number of aliphatic imine (C=N–C) groups is 1. The van der Waals surface area contributed by atoms with Crippen LogP contribution in [0, 0.1) is 0 Å². The van der Waals surface area contributed by atoms with Crippen molar-refractivity contribution in [3.63, 3.8) is 0 Å². The zero-order chi connectivity index (χ0) is 19.7. The molecular formula is C18H24N8O2. The van der Waals surface area contributed by atoms with Crippen molar-refractivity contribution in [1.29, 1.82) is 0 Å². The summed E-state index contributed by atoms with van der Waals surface area (Å²) >= 11 is 0. The summed E-state index contributed by atoms with van der Waals surface area (Å²) in [6.07, 6.45) is 3.39. The molecule has 10 heteroatoms. The highest BCUT2D eigenvalue weighted by atomic mass is 16.5. The molecule has 6 N–H and O–H groups in total. The van der Waals surface area contributed by atoms with E-state index < -0.39 is 6.35 Å². The van der Waals surface area contributed by atoms with Crippen molar-refractivity contribution in [2.24, 2.45) is 16.7 Å². The summed E-state index contributed by atoms with van der Waals surface area (Å²) < 4.78 is 6.02. The van der Waals surface area contributed by atoms with Crippen molar-refractivity contribution >= 4 is 23.3 Å². The molecule has 0 bridgehead atoms. The van der Waals surface area contributed by atoms with Gasteiger partial charge in [0.2, 0.25) is 12.3 Å². The highest BCUT2D eigenvalue weighted by molar-refractivity contribution is 5.96. The maximum atomic E-state index is 11.8. The predicted molar refractivity (Wildman–Crippen MR) is 106 cm³/mol. The lowest BCUT2D eigenvalue weighted by Gasteiger charge is -2.34. The third-order valence-corrected chi connectivity index (χ3v) is 4.80. The van der Waals surface area contributed by atoms with Crippen LogP contribution in [0.4, 0.5) is 5.69 Å². The molecule has 1 aromatic rings. The van der Waals surface area contributed by atoms with Crippen LogP contribution in [0.25, 0.3) is 5.76 Å². The molecule has 148 valence electrons. The molecule has 1 fully saturated rings. The minimum absolute atomic E-state index is 0.129. The Kier molecular flexibility index (Phi) is 4.90. The molecule has 0 radical (unpaired) electrons. The van der Waals surface area contributed by atoms with Crippen molar-refractivity contribution in [3.05, 3.63) is 47.8 Å². The van der Waals surface area contributed by atoms with Gasteiger partial charge in [-0.25, -0.2) is 26.6 Å². The number of carbonyl (C=O) groups is 1. The number of ether oxygens (including phenoxy) is 1. The molecule has 0 spiro atoms. The number of nitrogens with two attached hydrogens (primary N) is 2. The van der Waals surface area contributed by atoms with Gasteiger partial charge >= 0.3 is 0 Å². The van der Waals surface area contributed by atoms with Gasteiger partial charge in [0.25, 0.3) is 5.91 Å². The minimum atomic E-state index is -0.401. The summed E-state index contributed by atoms with van der Waals surface area (Å²) in [7, 11) is 0. The summed E-state index contributed by atoms with van der Waals surface area (Å²) in [5.41, 5.74) is 2.66. The van der Waals surface area contributed by atoms with Gasteiger partial charge in [-0.3, -0.25) is 9.80 Å². The Morgan fingerprint density at radius 2 is 2.21 bits per heavy atom. The SMILES string of the molecule is CC1=CCN=C(N(N)c2cccc(C3=CNC(N4CCN(N)C(=O)C4)O3)c2)N1. The Balaban J connectivity index is 1.44. The average molecular weight is 384 g/mol. The molecule has 28 heavy (non-hydrogen) atoms. The monoisotopic (exact) mass is 384 g/mol. The van der Waals surface area contributed by atoms with Gasteiger partial charge in [-0.15, -0.1) is 0 Å². The highest BCUT2D eigenvalue weighted by Crippen LogP contribution is 2.26. The molecule has 1 atom stereocenters. The highest BCUT2D eigenvalue weighted by Gasteiger charge is 2.31. The largest absolute Gasteiger partial charge is 0.455 e. The number of nitrogens with zero attached hydrogens (tertiary/aromatic N) is 4. The fraction of sp³-hybridized carbons (Fsp3) is 0.333. The molecule has 1 amide bonds. The maximum Gasteiger partial charge on any atom is 0.250 e. The third kappa shape index (κ3) is 3.65. The summed E-state index contributed by atoms with van der Waals surface area (Å²) in [4.78, 5) is 18.1. The van der Waals surface area contributed by atoms with Crippen LogP contribution in [0.1, 0.15) is 12.5 Å². The van der Waals surface area contributed by atoms with E-state index in [1.807, 2.05) is 42.2 Å². The molecule has 0 saturated carbocycles. The van der Waals surface area contributed by atoms with Gasteiger partial charge in [0.05, 0.1) is 25.3 Å². The normalized spacial score (nSPS) is 22.5. The van der Waals surface area contributed by atoms with Gasteiger partial charge < -0.3 is 15.4 Å². The Morgan fingerprint density at radius 1 is 1.36 bits per heavy atom. The average Bonchev–Trinajstić information content (AvgIpc) is 3.20. The third-order valence-electron chi connectivity index (χ3n) is 4.80. The number of guanidine groups is 1. The zero-order valence-corrected chi connectivity index (χ0v) is 15.6. The minimum Gasteiger partial charge on any atom is -0.455 e. The van der Waals surface area contributed by atoms with Crippen LogP contribution >= 0.6 is 0 Å². The van der Waals surface area contributed by atoms with E-state index in [2.05, 4.69) is 15.6 Å². The molecular weight excluding hydrogens is 360 g/mol. The van der Waals surface area contributed by atoms with E-state index in [1.54, 1.807) is 6.20 Å². The number of carbonyl (C=O) groups excluding carboxylic acids is 1. The summed E-state index contributed by atoms with van der Waals surface area (Å²) in [6.45, 7) is 3.88.